The minimum Gasteiger partial charge on any atom is -0.465 e. The molecule has 0 radical (unpaired) electrons. The third-order valence-corrected chi connectivity index (χ3v) is 5.66. The summed E-state index contributed by atoms with van der Waals surface area (Å²) in [7, 11) is 0. The summed E-state index contributed by atoms with van der Waals surface area (Å²) in [6.07, 6.45) is 3.78. The van der Waals surface area contributed by atoms with E-state index < -0.39 is 0 Å². The topological polar surface area (TPSA) is 99.5 Å². The molecule has 0 bridgehead atoms. The van der Waals surface area contributed by atoms with Crippen LogP contribution in [0.15, 0.2) is 40.9 Å². The van der Waals surface area contributed by atoms with Gasteiger partial charge in [-0.1, -0.05) is 6.07 Å². The van der Waals surface area contributed by atoms with Crippen molar-refractivity contribution in [3.63, 3.8) is 0 Å². The first-order valence-electron chi connectivity index (χ1n) is 10.1. The third-order valence-electron chi connectivity index (χ3n) is 5.66. The minimum atomic E-state index is -0.269. The van der Waals surface area contributed by atoms with Crippen molar-refractivity contribution < 1.29 is 14.0 Å². The lowest BCUT2D eigenvalue weighted by Gasteiger charge is -2.32. The summed E-state index contributed by atoms with van der Waals surface area (Å²) in [6, 6.07) is 9.30. The van der Waals surface area contributed by atoms with Gasteiger partial charge in [0.25, 0.3) is 0 Å². The van der Waals surface area contributed by atoms with Gasteiger partial charge in [0.1, 0.15) is 17.6 Å². The first-order valence-corrected chi connectivity index (χ1v) is 10.1. The molecule has 0 aliphatic carbocycles. The summed E-state index contributed by atoms with van der Waals surface area (Å²) < 4.78 is 5.48. The van der Waals surface area contributed by atoms with Crippen LogP contribution in [0.25, 0.3) is 0 Å². The Morgan fingerprint density at radius 3 is 2.72 bits per heavy atom. The van der Waals surface area contributed by atoms with Crippen LogP contribution >= 0.6 is 0 Å². The lowest BCUT2D eigenvalue weighted by molar-refractivity contribution is -0.137. The maximum absolute atomic E-state index is 12.9. The summed E-state index contributed by atoms with van der Waals surface area (Å²) >= 11 is 0. The highest BCUT2D eigenvalue weighted by Gasteiger charge is 2.35. The first kappa shape index (κ1) is 19.6. The number of carbonyl (C=O) groups excluding carboxylic acids is 2. The molecule has 3 N–H and O–H groups in total. The van der Waals surface area contributed by atoms with Crippen LogP contribution in [0.2, 0.25) is 0 Å². The van der Waals surface area contributed by atoms with E-state index in [1.807, 2.05) is 42.2 Å². The number of nitrogens with one attached hydrogen (secondary N) is 3. The van der Waals surface area contributed by atoms with Crippen LogP contribution in [0, 0.1) is 12.8 Å². The second kappa shape index (κ2) is 8.75. The van der Waals surface area contributed by atoms with Crippen LogP contribution in [-0.2, 0) is 16.1 Å². The Labute approximate surface area is 170 Å². The number of piperidine rings is 1. The Morgan fingerprint density at radius 2 is 2.03 bits per heavy atom. The minimum absolute atomic E-state index is 0.0266. The predicted molar refractivity (Wildman–Crippen MR) is 106 cm³/mol. The molecule has 4 heterocycles. The molecule has 8 heteroatoms. The largest absolute Gasteiger partial charge is 0.465 e. The molecule has 2 unspecified atom stereocenters. The van der Waals surface area contributed by atoms with E-state index >= 15 is 0 Å². The van der Waals surface area contributed by atoms with Crippen molar-refractivity contribution in [3.8, 4) is 0 Å². The number of rotatable bonds is 5. The van der Waals surface area contributed by atoms with Gasteiger partial charge in [0.2, 0.25) is 11.8 Å². The van der Waals surface area contributed by atoms with E-state index in [2.05, 4.69) is 21.2 Å². The number of furan rings is 1. The van der Waals surface area contributed by atoms with Crippen molar-refractivity contribution in [1.29, 1.82) is 0 Å². The van der Waals surface area contributed by atoms with Crippen molar-refractivity contribution in [3.05, 3.63) is 53.7 Å². The number of likely N-dealkylation sites (tertiary alicyclic amines) is 1. The monoisotopic (exact) mass is 397 g/mol. The molecule has 29 heavy (non-hydrogen) atoms. The average molecular weight is 397 g/mol. The average Bonchev–Trinajstić information content (AvgIpc) is 3.41. The number of hydrogen-bond donors (Lipinski definition) is 3. The lowest BCUT2D eigenvalue weighted by atomic mass is 9.95. The van der Waals surface area contributed by atoms with Crippen LogP contribution < -0.4 is 16.2 Å². The second-order valence-corrected chi connectivity index (χ2v) is 7.71. The zero-order chi connectivity index (χ0) is 20.2. The number of pyridine rings is 1. The number of hydrazine groups is 1. The Morgan fingerprint density at radius 1 is 1.21 bits per heavy atom. The summed E-state index contributed by atoms with van der Waals surface area (Å²) in [5.74, 6) is 1.64. The Balaban J connectivity index is 1.23. The van der Waals surface area contributed by atoms with Crippen molar-refractivity contribution >= 4 is 11.8 Å². The van der Waals surface area contributed by atoms with Crippen molar-refractivity contribution in [2.45, 2.75) is 44.8 Å². The molecule has 2 aliphatic heterocycles. The number of amides is 2. The SMILES string of the molecule is Cc1ccc(CNC(=O)C2CCN(C(=O)C3CC(c4ccccn4)NN3)CC2)o1. The van der Waals surface area contributed by atoms with Crippen LogP contribution in [0.5, 0.6) is 0 Å². The van der Waals surface area contributed by atoms with E-state index in [-0.39, 0.29) is 29.8 Å². The van der Waals surface area contributed by atoms with Gasteiger partial charge in [-0.05, 0) is 50.5 Å². The molecule has 2 amide bonds. The molecule has 0 saturated carbocycles. The van der Waals surface area contributed by atoms with Gasteiger partial charge in [-0.15, -0.1) is 0 Å². The molecule has 2 fully saturated rings. The van der Waals surface area contributed by atoms with Gasteiger partial charge in [-0.3, -0.25) is 14.6 Å². The summed E-state index contributed by atoms with van der Waals surface area (Å²) in [4.78, 5) is 31.5. The highest BCUT2D eigenvalue weighted by atomic mass is 16.3. The van der Waals surface area contributed by atoms with Gasteiger partial charge in [0.05, 0.1) is 18.3 Å². The number of aryl methyl sites for hydroxylation is 1. The van der Waals surface area contributed by atoms with Crippen LogP contribution in [-0.4, -0.2) is 40.8 Å². The maximum atomic E-state index is 12.9. The fourth-order valence-electron chi connectivity index (χ4n) is 3.98. The van der Waals surface area contributed by atoms with Gasteiger partial charge < -0.3 is 14.6 Å². The molecule has 2 saturated heterocycles. The van der Waals surface area contributed by atoms with Crippen molar-refractivity contribution in [1.82, 2.24) is 26.1 Å². The molecule has 0 spiro atoms. The smallest absolute Gasteiger partial charge is 0.241 e. The zero-order valence-corrected chi connectivity index (χ0v) is 16.6. The fraction of sp³-hybridized carbons (Fsp3) is 0.476. The molecule has 2 atom stereocenters. The van der Waals surface area contributed by atoms with Crippen LogP contribution in [0.4, 0.5) is 0 Å². The van der Waals surface area contributed by atoms with E-state index in [0.717, 1.165) is 17.2 Å². The van der Waals surface area contributed by atoms with E-state index in [1.165, 1.54) is 0 Å². The summed E-state index contributed by atoms with van der Waals surface area (Å²) in [5.41, 5.74) is 7.20. The van der Waals surface area contributed by atoms with Crippen LogP contribution in [0.1, 0.15) is 42.5 Å². The molecule has 4 rings (SSSR count). The Kier molecular flexibility index (Phi) is 5.92. The number of carbonyl (C=O) groups is 2. The third kappa shape index (κ3) is 4.65. The first-order chi connectivity index (χ1) is 14.1. The van der Waals surface area contributed by atoms with E-state index in [9.17, 15) is 9.59 Å². The fourth-order valence-corrected chi connectivity index (χ4v) is 3.98. The number of aromatic nitrogens is 1. The van der Waals surface area contributed by atoms with Gasteiger partial charge in [0, 0.05) is 25.2 Å². The Hall–Kier alpha value is -2.71. The molecule has 2 aromatic rings. The van der Waals surface area contributed by atoms with Crippen molar-refractivity contribution in [2.24, 2.45) is 5.92 Å². The van der Waals surface area contributed by atoms with E-state index in [0.29, 0.717) is 38.9 Å². The van der Waals surface area contributed by atoms with Crippen molar-refractivity contribution in [2.75, 3.05) is 13.1 Å². The zero-order valence-electron chi connectivity index (χ0n) is 16.6. The number of nitrogens with zero attached hydrogens (tertiary/aromatic N) is 2. The number of hydrogen-bond acceptors (Lipinski definition) is 6. The highest BCUT2D eigenvalue weighted by molar-refractivity contribution is 5.83. The molecule has 2 aliphatic rings. The van der Waals surface area contributed by atoms with E-state index in [1.54, 1.807) is 6.20 Å². The Bertz CT molecular complexity index is 845. The van der Waals surface area contributed by atoms with Gasteiger partial charge >= 0.3 is 0 Å². The summed E-state index contributed by atoms with van der Waals surface area (Å²) in [5, 5.41) is 2.94. The molecule has 154 valence electrons. The molecule has 8 nitrogen and oxygen atoms in total. The second-order valence-electron chi connectivity index (χ2n) is 7.71. The highest BCUT2D eigenvalue weighted by Crippen LogP contribution is 2.24. The molecule has 2 aromatic heterocycles. The normalized spacial score (nSPS) is 22.6. The van der Waals surface area contributed by atoms with Gasteiger partial charge in [-0.25, -0.2) is 10.9 Å². The quantitative estimate of drug-likeness (QED) is 0.706. The van der Waals surface area contributed by atoms with Crippen LogP contribution in [0.3, 0.4) is 0 Å². The maximum Gasteiger partial charge on any atom is 0.241 e. The van der Waals surface area contributed by atoms with Gasteiger partial charge in [0.15, 0.2) is 0 Å². The van der Waals surface area contributed by atoms with E-state index in [4.69, 9.17) is 4.42 Å². The standard InChI is InChI=1S/C21H27N5O3/c1-14-5-6-16(29-14)13-23-20(27)15-7-10-26(11-8-15)21(28)19-12-18(24-25-19)17-4-2-3-9-22-17/h2-6,9,15,18-19,24-25H,7-8,10-13H2,1H3,(H,23,27). The lowest BCUT2D eigenvalue weighted by Crippen LogP contribution is -2.49. The molecule has 0 aromatic carbocycles. The predicted octanol–water partition coefficient (Wildman–Crippen LogP) is 1.45. The summed E-state index contributed by atoms with van der Waals surface area (Å²) in [6.45, 7) is 3.48. The van der Waals surface area contributed by atoms with Gasteiger partial charge in [-0.2, -0.15) is 0 Å². The molecular formula is C21H27N5O3. The molecular weight excluding hydrogens is 370 g/mol.